The molecule has 2 unspecified atom stereocenters. The molecule has 0 bridgehead atoms. The number of nitrogens with one attached hydrogen (secondary N) is 1. The maximum absolute atomic E-state index is 12.8. The van der Waals surface area contributed by atoms with Crippen LogP contribution in [0.4, 0.5) is 0 Å². The molecule has 162 valence electrons. The zero-order chi connectivity index (χ0) is 22.1. The normalized spacial score (nSPS) is 22.7. The van der Waals surface area contributed by atoms with Crippen molar-refractivity contribution in [3.05, 3.63) is 52.2 Å². The van der Waals surface area contributed by atoms with E-state index in [1.165, 1.54) is 23.1 Å². The number of aliphatic carboxylic acids is 1. The Morgan fingerprint density at radius 2 is 2.06 bits per heavy atom. The van der Waals surface area contributed by atoms with Crippen LogP contribution in [-0.4, -0.2) is 65.1 Å². The molecular formula is C19H18N4O5S3. The molecule has 0 aliphatic carbocycles. The summed E-state index contributed by atoms with van der Waals surface area (Å²) in [7, 11) is -1.54. The minimum atomic E-state index is -1.54. The van der Waals surface area contributed by atoms with Crippen molar-refractivity contribution in [3.63, 3.8) is 0 Å². The molecule has 1 aromatic carbocycles. The fraction of sp³-hybridized carbons (Fsp3) is 0.316. The quantitative estimate of drug-likeness (QED) is 0.444. The third kappa shape index (κ3) is 4.41. The molecule has 3 heterocycles. The van der Waals surface area contributed by atoms with Crippen LogP contribution in [0.2, 0.25) is 0 Å². The topological polar surface area (TPSA) is 130 Å². The van der Waals surface area contributed by atoms with Crippen LogP contribution < -0.4 is 5.32 Å². The molecule has 0 saturated carbocycles. The van der Waals surface area contributed by atoms with E-state index in [9.17, 15) is 23.7 Å². The highest BCUT2D eigenvalue weighted by Gasteiger charge is 2.57. The van der Waals surface area contributed by atoms with E-state index in [0.29, 0.717) is 9.91 Å². The van der Waals surface area contributed by atoms with Crippen molar-refractivity contribution in [2.24, 2.45) is 0 Å². The van der Waals surface area contributed by atoms with Crippen molar-refractivity contribution in [2.75, 3.05) is 11.5 Å². The summed E-state index contributed by atoms with van der Waals surface area (Å²) < 4.78 is 13.5. The van der Waals surface area contributed by atoms with Crippen LogP contribution in [-0.2, 0) is 31.6 Å². The van der Waals surface area contributed by atoms with Crippen LogP contribution in [0.5, 0.6) is 0 Å². The minimum Gasteiger partial charge on any atom is -0.477 e. The first kappa shape index (κ1) is 21.7. The van der Waals surface area contributed by atoms with E-state index in [1.807, 2.05) is 25.1 Å². The number of rotatable bonds is 7. The maximum atomic E-state index is 12.8. The van der Waals surface area contributed by atoms with E-state index in [2.05, 4.69) is 15.5 Å². The smallest absolute Gasteiger partial charge is 0.352 e. The first-order chi connectivity index (χ1) is 14.8. The summed E-state index contributed by atoms with van der Waals surface area (Å²) in [6.07, 6.45) is 0.0781. The number of carbonyl (C=O) groups is 3. The largest absolute Gasteiger partial charge is 0.477 e. The van der Waals surface area contributed by atoms with Crippen molar-refractivity contribution in [1.29, 1.82) is 0 Å². The number of fused-ring (bicyclic) bond motifs is 1. The van der Waals surface area contributed by atoms with Gasteiger partial charge in [0.1, 0.15) is 22.1 Å². The van der Waals surface area contributed by atoms with Gasteiger partial charge < -0.3 is 10.4 Å². The molecule has 12 heteroatoms. The molecule has 2 N–H and O–H groups in total. The van der Waals surface area contributed by atoms with Gasteiger partial charge in [-0.2, -0.15) is 0 Å². The fourth-order valence-corrected chi connectivity index (χ4v) is 7.10. The lowest BCUT2D eigenvalue weighted by atomic mass is 10.0. The Labute approximate surface area is 188 Å². The highest BCUT2D eigenvalue weighted by atomic mass is 32.2. The molecule has 2 aliphatic heterocycles. The second kappa shape index (κ2) is 8.89. The molecule has 9 nitrogen and oxygen atoms in total. The van der Waals surface area contributed by atoms with Gasteiger partial charge in [-0.25, -0.2) is 4.79 Å². The monoisotopic (exact) mass is 478 g/mol. The number of aromatic nitrogens is 2. The summed E-state index contributed by atoms with van der Waals surface area (Å²) >= 11 is 2.67. The average Bonchev–Trinajstić information content (AvgIpc) is 3.15. The van der Waals surface area contributed by atoms with Crippen LogP contribution in [0.25, 0.3) is 0 Å². The fourth-order valence-electron chi connectivity index (χ4n) is 3.46. The average molecular weight is 479 g/mol. The molecule has 1 fully saturated rings. The molecule has 4 rings (SSSR count). The summed E-state index contributed by atoms with van der Waals surface area (Å²) in [5, 5.41) is 20.2. The number of thioether (sulfide) groups is 1. The third-order valence-electron chi connectivity index (χ3n) is 4.81. The zero-order valence-electron chi connectivity index (χ0n) is 16.3. The molecule has 1 saturated heterocycles. The summed E-state index contributed by atoms with van der Waals surface area (Å²) in [4.78, 5) is 38.1. The highest BCUT2D eigenvalue weighted by molar-refractivity contribution is 8.01. The van der Waals surface area contributed by atoms with Crippen molar-refractivity contribution >= 4 is 51.7 Å². The molecule has 2 aromatic rings. The Balaban J connectivity index is 1.48. The van der Waals surface area contributed by atoms with E-state index in [-0.39, 0.29) is 29.5 Å². The number of aryl methyl sites for hydroxylation is 1. The van der Waals surface area contributed by atoms with Crippen molar-refractivity contribution < 1.29 is 23.7 Å². The van der Waals surface area contributed by atoms with Crippen LogP contribution in [0, 0.1) is 6.92 Å². The zero-order valence-corrected chi connectivity index (χ0v) is 18.8. The summed E-state index contributed by atoms with van der Waals surface area (Å²) in [6.45, 7) is 1.81. The number of nitrogens with zero attached hydrogens (tertiary/aromatic N) is 3. The van der Waals surface area contributed by atoms with Crippen LogP contribution in [0.15, 0.2) is 45.9 Å². The molecule has 2 aliphatic rings. The number of amides is 2. The SMILES string of the molecule is Cc1nnc(SCC2=C(C(=O)O)N3C(=O)C(NC(=O)Cc4ccccc4)[C@@H]3S(=O)C2)s1. The lowest BCUT2D eigenvalue weighted by Crippen LogP contribution is -2.73. The number of carboxylic acids is 1. The predicted octanol–water partition coefficient (Wildman–Crippen LogP) is 0.935. The van der Waals surface area contributed by atoms with E-state index < -0.39 is 34.1 Å². The van der Waals surface area contributed by atoms with Gasteiger partial charge in [0.25, 0.3) is 5.91 Å². The molecule has 31 heavy (non-hydrogen) atoms. The van der Waals surface area contributed by atoms with E-state index in [0.717, 1.165) is 15.5 Å². The summed E-state index contributed by atoms with van der Waals surface area (Å²) in [5.41, 5.74) is 1.03. The Hall–Kier alpha value is -2.57. The number of carboxylic acid groups (broad SMARTS) is 1. The Kier molecular flexibility index (Phi) is 6.21. The number of hydrogen-bond acceptors (Lipinski definition) is 8. The maximum Gasteiger partial charge on any atom is 0.352 e. The first-order valence-corrected chi connectivity index (χ1v) is 12.5. The predicted molar refractivity (Wildman–Crippen MR) is 116 cm³/mol. The van der Waals surface area contributed by atoms with Gasteiger partial charge in [0.15, 0.2) is 4.34 Å². The molecule has 0 spiro atoms. The van der Waals surface area contributed by atoms with Crippen LogP contribution in [0.3, 0.4) is 0 Å². The second-order valence-electron chi connectivity index (χ2n) is 6.96. The van der Waals surface area contributed by atoms with E-state index in [1.54, 1.807) is 12.1 Å². The second-order valence-corrected chi connectivity index (χ2v) is 10.9. The first-order valence-electron chi connectivity index (χ1n) is 9.27. The van der Waals surface area contributed by atoms with Gasteiger partial charge in [0, 0.05) is 5.75 Å². The van der Waals surface area contributed by atoms with Crippen LogP contribution >= 0.6 is 23.1 Å². The Bertz CT molecular complexity index is 1100. The summed E-state index contributed by atoms with van der Waals surface area (Å²) in [6, 6.07) is 8.04. The van der Waals surface area contributed by atoms with Gasteiger partial charge in [-0.15, -0.1) is 10.2 Å². The van der Waals surface area contributed by atoms with Gasteiger partial charge >= 0.3 is 5.97 Å². The molecule has 3 atom stereocenters. The standard InChI is InChI=1S/C19H18N4O5S3/c1-10-21-22-19(30-10)29-8-12-9-31(28)17-14(16(25)23(17)15(12)18(26)27)20-13(24)7-11-5-3-2-4-6-11/h2-6,14,17H,7-9H2,1H3,(H,20,24)(H,26,27)/t14?,17-,31?/m0/s1. The Morgan fingerprint density at radius 1 is 1.32 bits per heavy atom. The lowest BCUT2D eigenvalue weighted by Gasteiger charge is -2.49. The van der Waals surface area contributed by atoms with Gasteiger partial charge in [0.05, 0.1) is 23.0 Å². The molecule has 1 aromatic heterocycles. The molecular weight excluding hydrogens is 460 g/mol. The van der Waals surface area contributed by atoms with Gasteiger partial charge in [-0.05, 0) is 18.1 Å². The van der Waals surface area contributed by atoms with Gasteiger partial charge in [-0.3, -0.25) is 18.7 Å². The molecule has 2 amide bonds. The van der Waals surface area contributed by atoms with E-state index in [4.69, 9.17) is 0 Å². The highest BCUT2D eigenvalue weighted by Crippen LogP contribution is 2.37. The van der Waals surface area contributed by atoms with Gasteiger partial charge in [-0.1, -0.05) is 53.4 Å². The number of carbonyl (C=O) groups excluding carboxylic acids is 2. The third-order valence-corrected chi connectivity index (χ3v) is 8.52. The Morgan fingerprint density at radius 3 is 2.71 bits per heavy atom. The lowest BCUT2D eigenvalue weighted by molar-refractivity contribution is -0.150. The number of β-lactam (4-membered cyclic amide) rings is 1. The number of hydrogen-bond donors (Lipinski definition) is 2. The summed E-state index contributed by atoms with van der Waals surface area (Å²) in [5.74, 6) is -1.94. The van der Waals surface area contributed by atoms with E-state index >= 15 is 0 Å². The van der Waals surface area contributed by atoms with Crippen molar-refractivity contribution in [3.8, 4) is 0 Å². The van der Waals surface area contributed by atoms with Crippen molar-refractivity contribution in [2.45, 2.75) is 29.1 Å². The van der Waals surface area contributed by atoms with Crippen LogP contribution in [0.1, 0.15) is 10.6 Å². The minimum absolute atomic E-state index is 0.0198. The number of benzene rings is 1. The van der Waals surface area contributed by atoms with Crippen molar-refractivity contribution in [1.82, 2.24) is 20.4 Å². The van der Waals surface area contributed by atoms with Gasteiger partial charge in [0.2, 0.25) is 5.91 Å². The molecule has 0 radical (unpaired) electrons.